The highest BCUT2D eigenvalue weighted by Gasteiger charge is 2.16. The highest BCUT2D eigenvalue weighted by atomic mass is 15.1. The third-order valence-corrected chi connectivity index (χ3v) is 4.08. The van der Waals surface area contributed by atoms with Crippen molar-refractivity contribution in [1.29, 1.82) is 0 Å². The SMILES string of the molecule is CN(Cc1cccc(N)c1)C1CCCCCCC1. The van der Waals surface area contributed by atoms with Gasteiger partial charge in [-0.25, -0.2) is 0 Å². The zero-order chi connectivity index (χ0) is 12.8. The van der Waals surface area contributed by atoms with Crippen LogP contribution in [0.5, 0.6) is 0 Å². The molecule has 1 aromatic rings. The van der Waals surface area contributed by atoms with Gasteiger partial charge >= 0.3 is 0 Å². The topological polar surface area (TPSA) is 29.3 Å². The lowest BCUT2D eigenvalue weighted by molar-refractivity contribution is 0.196. The van der Waals surface area contributed by atoms with Crippen molar-refractivity contribution in [3.05, 3.63) is 29.8 Å². The third-order valence-electron chi connectivity index (χ3n) is 4.08. The first-order valence-corrected chi connectivity index (χ1v) is 7.30. The van der Waals surface area contributed by atoms with Crippen molar-refractivity contribution < 1.29 is 0 Å². The number of benzene rings is 1. The second-order valence-corrected chi connectivity index (χ2v) is 5.66. The molecule has 0 spiro atoms. The van der Waals surface area contributed by atoms with Gasteiger partial charge in [-0.1, -0.05) is 44.2 Å². The van der Waals surface area contributed by atoms with E-state index >= 15 is 0 Å². The van der Waals surface area contributed by atoms with Crippen LogP contribution in [0.3, 0.4) is 0 Å². The van der Waals surface area contributed by atoms with Gasteiger partial charge < -0.3 is 5.73 Å². The maximum absolute atomic E-state index is 5.84. The highest BCUT2D eigenvalue weighted by Crippen LogP contribution is 2.22. The van der Waals surface area contributed by atoms with Gasteiger partial charge in [-0.15, -0.1) is 0 Å². The predicted molar refractivity (Wildman–Crippen MR) is 78.4 cm³/mol. The molecule has 1 saturated carbocycles. The summed E-state index contributed by atoms with van der Waals surface area (Å²) >= 11 is 0. The van der Waals surface area contributed by atoms with E-state index in [1.54, 1.807) is 0 Å². The van der Waals surface area contributed by atoms with E-state index in [0.29, 0.717) is 0 Å². The molecular weight excluding hydrogens is 220 g/mol. The quantitative estimate of drug-likeness (QED) is 0.822. The van der Waals surface area contributed by atoms with Crippen molar-refractivity contribution >= 4 is 5.69 Å². The number of nitrogens with zero attached hydrogens (tertiary/aromatic N) is 1. The molecule has 2 rings (SSSR count). The fourth-order valence-corrected chi connectivity index (χ4v) is 2.98. The Morgan fingerprint density at radius 1 is 1.11 bits per heavy atom. The summed E-state index contributed by atoms with van der Waals surface area (Å²) in [5.74, 6) is 0. The summed E-state index contributed by atoms with van der Waals surface area (Å²) in [6.07, 6.45) is 9.78. The summed E-state index contributed by atoms with van der Waals surface area (Å²) < 4.78 is 0. The molecule has 0 bridgehead atoms. The second kappa shape index (κ2) is 6.79. The Labute approximate surface area is 111 Å². The molecule has 1 aromatic carbocycles. The number of nitrogens with two attached hydrogens (primary N) is 1. The maximum atomic E-state index is 5.84. The van der Waals surface area contributed by atoms with Crippen LogP contribution in [0.4, 0.5) is 5.69 Å². The van der Waals surface area contributed by atoms with Gasteiger partial charge in [0.15, 0.2) is 0 Å². The van der Waals surface area contributed by atoms with E-state index in [0.717, 1.165) is 18.3 Å². The molecule has 0 amide bonds. The molecule has 0 heterocycles. The molecule has 2 heteroatoms. The standard InChI is InChI=1S/C16H26N2/c1-18(13-14-8-7-9-15(17)12-14)16-10-5-3-2-4-6-11-16/h7-9,12,16H,2-6,10-11,13,17H2,1H3. The minimum absolute atomic E-state index is 0.756. The molecule has 1 fully saturated rings. The molecule has 0 atom stereocenters. The summed E-state index contributed by atoms with van der Waals surface area (Å²) in [6.45, 7) is 1.02. The molecule has 0 saturated heterocycles. The van der Waals surface area contributed by atoms with Gasteiger partial charge in [-0.2, -0.15) is 0 Å². The number of anilines is 1. The fraction of sp³-hybridized carbons (Fsp3) is 0.625. The van der Waals surface area contributed by atoms with Gasteiger partial charge in [0.25, 0.3) is 0 Å². The second-order valence-electron chi connectivity index (χ2n) is 5.66. The number of hydrogen-bond acceptors (Lipinski definition) is 2. The van der Waals surface area contributed by atoms with Gasteiger partial charge in [0.1, 0.15) is 0 Å². The molecule has 1 aliphatic carbocycles. The van der Waals surface area contributed by atoms with Crippen LogP contribution in [0, 0.1) is 0 Å². The first-order chi connectivity index (χ1) is 8.75. The van der Waals surface area contributed by atoms with E-state index in [1.807, 2.05) is 6.07 Å². The van der Waals surface area contributed by atoms with Crippen molar-refractivity contribution in [3.8, 4) is 0 Å². The van der Waals surface area contributed by atoms with Crippen molar-refractivity contribution in [2.24, 2.45) is 0 Å². The molecule has 1 aliphatic rings. The van der Waals surface area contributed by atoms with Crippen molar-refractivity contribution in [2.75, 3.05) is 12.8 Å². The lowest BCUT2D eigenvalue weighted by Gasteiger charge is -2.29. The van der Waals surface area contributed by atoms with Gasteiger partial charge in [0.05, 0.1) is 0 Å². The highest BCUT2D eigenvalue weighted by molar-refractivity contribution is 5.40. The largest absolute Gasteiger partial charge is 0.399 e. The summed E-state index contributed by atoms with van der Waals surface area (Å²) in [7, 11) is 2.26. The Balaban J connectivity index is 1.91. The molecule has 0 radical (unpaired) electrons. The Morgan fingerprint density at radius 3 is 2.44 bits per heavy atom. The summed E-state index contributed by atoms with van der Waals surface area (Å²) in [4.78, 5) is 2.51. The normalized spacial score (nSPS) is 18.6. The fourth-order valence-electron chi connectivity index (χ4n) is 2.98. The van der Waals surface area contributed by atoms with Crippen LogP contribution < -0.4 is 5.73 Å². The minimum Gasteiger partial charge on any atom is -0.399 e. The lowest BCUT2D eigenvalue weighted by atomic mass is 9.95. The average Bonchev–Trinajstić information content (AvgIpc) is 2.28. The molecule has 0 unspecified atom stereocenters. The van der Waals surface area contributed by atoms with Crippen LogP contribution in [0.25, 0.3) is 0 Å². The van der Waals surface area contributed by atoms with E-state index in [-0.39, 0.29) is 0 Å². The van der Waals surface area contributed by atoms with E-state index in [4.69, 9.17) is 5.73 Å². The summed E-state index contributed by atoms with van der Waals surface area (Å²) in [6, 6.07) is 9.04. The zero-order valence-electron chi connectivity index (χ0n) is 11.6. The number of nitrogen functional groups attached to an aromatic ring is 1. The van der Waals surface area contributed by atoms with Gasteiger partial charge in [-0.05, 0) is 37.6 Å². The van der Waals surface area contributed by atoms with Crippen molar-refractivity contribution in [2.45, 2.75) is 57.5 Å². The number of hydrogen-bond donors (Lipinski definition) is 1. The Morgan fingerprint density at radius 2 is 1.78 bits per heavy atom. The van der Waals surface area contributed by atoms with Crippen LogP contribution in [0.1, 0.15) is 50.5 Å². The maximum Gasteiger partial charge on any atom is 0.0317 e. The van der Waals surface area contributed by atoms with E-state index in [1.165, 1.54) is 50.5 Å². The third kappa shape index (κ3) is 4.02. The molecular formula is C16H26N2. The Kier molecular flexibility index (Phi) is 5.06. The number of rotatable bonds is 3. The van der Waals surface area contributed by atoms with Crippen LogP contribution in [-0.2, 0) is 6.54 Å². The zero-order valence-corrected chi connectivity index (χ0v) is 11.6. The summed E-state index contributed by atoms with van der Waals surface area (Å²) in [5, 5.41) is 0. The summed E-state index contributed by atoms with van der Waals surface area (Å²) in [5.41, 5.74) is 8.05. The Hall–Kier alpha value is -1.02. The molecule has 2 N–H and O–H groups in total. The minimum atomic E-state index is 0.756. The molecule has 0 aliphatic heterocycles. The van der Waals surface area contributed by atoms with Crippen molar-refractivity contribution in [1.82, 2.24) is 4.90 Å². The monoisotopic (exact) mass is 246 g/mol. The van der Waals surface area contributed by atoms with Gasteiger partial charge in [0, 0.05) is 18.3 Å². The average molecular weight is 246 g/mol. The lowest BCUT2D eigenvalue weighted by Crippen LogP contribution is -2.31. The van der Waals surface area contributed by atoms with Crippen LogP contribution in [0.15, 0.2) is 24.3 Å². The van der Waals surface area contributed by atoms with Crippen molar-refractivity contribution in [3.63, 3.8) is 0 Å². The van der Waals surface area contributed by atoms with Gasteiger partial charge in [0.2, 0.25) is 0 Å². The molecule has 18 heavy (non-hydrogen) atoms. The Bertz CT molecular complexity index is 354. The van der Waals surface area contributed by atoms with Gasteiger partial charge in [-0.3, -0.25) is 4.90 Å². The van der Waals surface area contributed by atoms with Crippen LogP contribution >= 0.6 is 0 Å². The smallest absolute Gasteiger partial charge is 0.0317 e. The first kappa shape index (κ1) is 13.4. The first-order valence-electron chi connectivity index (χ1n) is 7.30. The van der Waals surface area contributed by atoms with E-state index < -0.39 is 0 Å². The van der Waals surface area contributed by atoms with Crippen LogP contribution in [0.2, 0.25) is 0 Å². The van der Waals surface area contributed by atoms with E-state index in [9.17, 15) is 0 Å². The molecule has 2 nitrogen and oxygen atoms in total. The molecule has 100 valence electrons. The molecule has 0 aromatic heterocycles. The van der Waals surface area contributed by atoms with Crippen LogP contribution in [-0.4, -0.2) is 18.0 Å². The van der Waals surface area contributed by atoms with E-state index in [2.05, 4.69) is 30.1 Å². The predicted octanol–water partition coefficient (Wildman–Crippen LogP) is 3.81.